The van der Waals surface area contributed by atoms with Gasteiger partial charge in [0.25, 0.3) is 11.8 Å². The number of piperidine rings is 1. The van der Waals surface area contributed by atoms with Gasteiger partial charge in [0.2, 0.25) is 0 Å². The van der Waals surface area contributed by atoms with E-state index in [9.17, 15) is 14.4 Å². The van der Waals surface area contributed by atoms with Gasteiger partial charge in [0.05, 0.1) is 11.8 Å². The Labute approximate surface area is 174 Å². The summed E-state index contributed by atoms with van der Waals surface area (Å²) in [5, 5.41) is 8.37. The number of benzene rings is 1. The first-order valence-electron chi connectivity index (χ1n) is 9.93. The van der Waals surface area contributed by atoms with E-state index in [1.165, 1.54) is 12.5 Å². The van der Waals surface area contributed by atoms with Gasteiger partial charge in [-0.1, -0.05) is 0 Å². The van der Waals surface area contributed by atoms with Crippen molar-refractivity contribution in [2.75, 3.05) is 31.6 Å². The lowest BCUT2D eigenvalue weighted by Crippen LogP contribution is -2.47. The molecule has 9 heteroatoms. The molecule has 2 heterocycles. The zero-order valence-electron chi connectivity index (χ0n) is 16.8. The van der Waals surface area contributed by atoms with Crippen LogP contribution in [0, 0.1) is 0 Å². The number of likely N-dealkylation sites (N-methyl/N-ethyl adjacent to an activating group) is 1. The second kappa shape index (κ2) is 10.3. The number of nitrogens with one attached hydrogen (secondary N) is 3. The monoisotopic (exact) mass is 414 g/mol. The summed E-state index contributed by atoms with van der Waals surface area (Å²) in [6.07, 6.45) is 4.29. The minimum absolute atomic E-state index is 0.00177. The topological polar surface area (TPSA) is 113 Å². The van der Waals surface area contributed by atoms with Crippen LogP contribution in [0.2, 0.25) is 0 Å². The second-order valence-electron chi connectivity index (χ2n) is 6.94. The van der Waals surface area contributed by atoms with Crippen molar-refractivity contribution < 1.29 is 23.5 Å². The standard InChI is InChI=1S/C21H26N4O5/c1-2-22-19(26)14-30-18-5-3-16(4-6-18)23-21(28)24-17-7-10-25(11-8-17)20(27)15-9-12-29-13-15/h3-6,9,12-13,17H,2,7-8,10-11,14H2,1H3,(H,22,26)(H2,23,24,28). The molecule has 1 aliphatic rings. The van der Waals surface area contributed by atoms with Crippen molar-refractivity contribution in [2.45, 2.75) is 25.8 Å². The quantitative estimate of drug-likeness (QED) is 0.643. The Morgan fingerprint density at radius 1 is 1.13 bits per heavy atom. The Bertz CT molecular complexity index is 843. The average molecular weight is 414 g/mol. The minimum Gasteiger partial charge on any atom is -0.484 e. The Morgan fingerprint density at radius 2 is 1.87 bits per heavy atom. The summed E-state index contributed by atoms with van der Waals surface area (Å²) < 4.78 is 10.3. The normalized spacial score (nSPS) is 14.1. The molecule has 1 aliphatic heterocycles. The Kier molecular flexibility index (Phi) is 7.31. The number of rotatable bonds is 7. The highest BCUT2D eigenvalue weighted by Gasteiger charge is 2.25. The van der Waals surface area contributed by atoms with E-state index in [0.29, 0.717) is 49.5 Å². The van der Waals surface area contributed by atoms with E-state index < -0.39 is 0 Å². The third-order valence-corrected chi connectivity index (χ3v) is 4.74. The molecule has 3 N–H and O–H groups in total. The number of amides is 4. The summed E-state index contributed by atoms with van der Waals surface area (Å²) in [5.74, 6) is 0.305. The molecule has 0 bridgehead atoms. The van der Waals surface area contributed by atoms with Crippen molar-refractivity contribution in [3.05, 3.63) is 48.4 Å². The lowest BCUT2D eigenvalue weighted by molar-refractivity contribution is -0.122. The van der Waals surface area contributed by atoms with E-state index in [1.807, 2.05) is 6.92 Å². The molecule has 1 aromatic heterocycles. The van der Waals surface area contributed by atoms with Crippen molar-refractivity contribution in [3.63, 3.8) is 0 Å². The van der Waals surface area contributed by atoms with Gasteiger partial charge >= 0.3 is 6.03 Å². The van der Waals surface area contributed by atoms with Crippen molar-refractivity contribution in [1.29, 1.82) is 0 Å². The summed E-state index contributed by atoms with van der Waals surface area (Å²) in [5.41, 5.74) is 1.16. The predicted molar refractivity (Wildman–Crippen MR) is 110 cm³/mol. The van der Waals surface area contributed by atoms with E-state index in [2.05, 4.69) is 16.0 Å². The van der Waals surface area contributed by atoms with Crippen LogP contribution in [0.15, 0.2) is 47.3 Å². The lowest BCUT2D eigenvalue weighted by Gasteiger charge is -2.32. The molecule has 1 fully saturated rings. The van der Waals surface area contributed by atoms with Crippen LogP contribution < -0.4 is 20.7 Å². The molecule has 0 saturated carbocycles. The van der Waals surface area contributed by atoms with Gasteiger partial charge < -0.3 is 30.0 Å². The molecule has 160 valence electrons. The fourth-order valence-electron chi connectivity index (χ4n) is 3.18. The molecule has 0 radical (unpaired) electrons. The van der Waals surface area contributed by atoms with Crippen molar-refractivity contribution >= 4 is 23.5 Å². The first kappa shape index (κ1) is 21.2. The number of hydrogen-bond acceptors (Lipinski definition) is 5. The number of nitrogens with zero attached hydrogens (tertiary/aromatic N) is 1. The second-order valence-corrected chi connectivity index (χ2v) is 6.94. The summed E-state index contributed by atoms with van der Waals surface area (Å²) in [4.78, 5) is 37.7. The van der Waals surface area contributed by atoms with E-state index in [-0.39, 0.29) is 30.5 Å². The molecule has 9 nitrogen and oxygen atoms in total. The van der Waals surface area contributed by atoms with E-state index >= 15 is 0 Å². The number of furan rings is 1. The van der Waals surface area contributed by atoms with Crippen LogP contribution in [-0.4, -0.2) is 55.0 Å². The van der Waals surface area contributed by atoms with E-state index in [4.69, 9.17) is 9.15 Å². The Morgan fingerprint density at radius 3 is 2.50 bits per heavy atom. The largest absolute Gasteiger partial charge is 0.484 e. The molecule has 2 aromatic rings. The summed E-state index contributed by atoms with van der Waals surface area (Å²) in [6.45, 7) is 3.50. The van der Waals surface area contributed by atoms with Gasteiger partial charge in [-0.3, -0.25) is 9.59 Å². The smallest absolute Gasteiger partial charge is 0.319 e. The molecule has 0 spiro atoms. The lowest BCUT2D eigenvalue weighted by atomic mass is 10.0. The van der Waals surface area contributed by atoms with Crippen LogP contribution in [0.1, 0.15) is 30.1 Å². The number of likely N-dealkylation sites (tertiary alicyclic amines) is 1. The van der Waals surface area contributed by atoms with Gasteiger partial charge in [0, 0.05) is 31.4 Å². The minimum atomic E-state index is -0.300. The van der Waals surface area contributed by atoms with Gasteiger partial charge in [-0.2, -0.15) is 0 Å². The Balaban J connectivity index is 1.39. The van der Waals surface area contributed by atoms with Crippen molar-refractivity contribution in [3.8, 4) is 5.75 Å². The average Bonchev–Trinajstić information content (AvgIpc) is 3.28. The van der Waals surface area contributed by atoms with Crippen LogP contribution in [0.5, 0.6) is 5.75 Å². The molecule has 1 aromatic carbocycles. The molecule has 30 heavy (non-hydrogen) atoms. The highest BCUT2D eigenvalue weighted by atomic mass is 16.5. The molecule has 0 atom stereocenters. The van der Waals surface area contributed by atoms with Gasteiger partial charge in [0.15, 0.2) is 6.61 Å². The SMILES string of the molecule is CCNC(=O)COc1ccc(NC(=O)NC2CCN(C(=O)c3ccoc3)CC2)cc1. The summed E-state index contributed by atoms with van der Waals surface area (Å²) >= 11 is 0. The van der Waals surface area contributed by atoms with Crippen LogP contribution in [-0.2, 0) is 4.79 Å². The maximum atomic E-state index is 12.3. The first-order chi connectivity index (χ1) is 14.5. The van der Waals surface area contributed by atoms with Crippen molar-refractivity contribution in [1.82, 2.24) is 15.5 Å². The maximum absolute atomic E-state index is 12.3. The number of urea groups is 1. The van der Waals surface area contributed by atoms with Crippen molar-refractivity contribution in [2.24, 2.45) is 0 Å². The van der Waals surface area contributed by atoms with Gasteiger partial charge in [-0.25, -0.2) is 4.79 Å². The fourth-order valence-corrected chi connectivity index (χ4v) is 3.18. The van der Waals surface area contributed by atoms with E-state index in [1.54, 1.807) is 35.2 Å². The number of carbonyl (C=O) groups is 3. The number of ether oxygens (including phenoxy) is 1. The Hall–Kier alpha value is -3.49. The fraction of sp³-hybridized carbons (Fsp3) is 0.381. The molecule has 3 rings (SSSR count). The molecular formula is C21H26N4O5. The summed E-state index contributed by atoms with van der Waals surface area (Å²) in [6, 6.07) is 8.14. The van der Waals surface area contributed by atoms with Gasteiger partial charge in [-0.15, -0.1) is 0 Å². The maximum Gasteiger partial charge on any atom is 0.319 e. The van der Waals surface area contributed by atoms with Gasteiger partial charge in [-0.05, 0) is 50.1 Å². The number of anilines is 1. The van der Waals surface area contributed by atoms with Crippen LogP contribution >= 0.6 is 0 Å². The van der Waals surface area contributed by atoms with Crippen LogP contribution in [0.3, 0.4) is 0 Å². The molecular weight excluding hydrogens is 388 g/mol. The highest BCUT2D eigenvalue weighted by Crippen LogP contribution is 2.17. The van der Waals surface area contributed by atoms with Crippen LogP contribution in [0.25, 0.3) is 0 Å². The summed E-state index contributed by atoms with van der Waals surface area (Å²) in [7, 11) is 0. The first-order valence-corrected chi connectivity index (χ1v) is 9.93. The van der Waals surface area contributed by atoms with Gasteiger partial charge in [0.1, 0.15) is 12.0 Å². The third-order valence-electron chi connectivity index (χ3n) is 4.74. The van der Waals surface area contributed by atoms with Crippen LogP contribution in [0.4, 0.5) is 10.5 Å². The number of hydrogen-bond donors (Lipinski definition) is 3. The molecule has 0 unspecified atom stereocenters. The third kappa shape index (κ3) is 6.00. The number of carbonyl (C=O) groups excluding carboxylic acids is 3. The highest BCUT2D eigenvalue weighted by molar-refractivity contribution is 5.94. The predicted octanol–water partition coefficient (Wildman–Crippen LogP) is 2.22. The molecule has 1 saturated heterocycles. The molecule has 4 amide bonds. The van der Waals surface area contributed by atoms with E-state index in [0.717, 1.165) is 0 Å². The zero-order chi connectivity index (χ0) is 21.3. The molecule has 0 aliphatic carbocycles. The zero-order valence-corrected chi connectivity index (χ0v) is 16.8.